The largest absolute Gasteiger partial charge is 0.384 e. The Hall–Kier alpha value is -1.46. The Balaban J connectivity index is 1.99. The molecular weight excluding hydrogens is 255 g/mol. The summed E-state index contributed by atoms with van der Waals surface area (Å²) in [6, 6.07) is 4.53. The summed E-state index contributed by atoms with van der Waals surface area (Å²) in [4.78, 5) is 4.80. The van der Waals surface area contributed by atoms with Gasteiger partial charge in [0, 0.05) is 38.3 Å². The molecule has 3 N–H and O–H groups in total. The molecule has 4 nitrogen and oxygen atoms in total. The zero-order chi connectivity index (χ0) is 14.5. The molecule has 0 unspecified atom stereocenters. The van der Waals surface area contributed by atoms with Crippen molar-refractivity contribution in [3.8, 4) is 0 Å². The van der Waals surface area contributed by atoms with Crippen LogP contribution in [0.4, 0.5) is 4.39 Å². The van der Waals surface area contributed by atoms with E-state index in [1.165, 1.54) is 18.6 Å². The Morgan fingerprint density at radius 1 is 1.25 bits per heavy atom. The zero-order valence-corrected chi connectivity index (χ0v) is 12.0. The van der Waals surface area contributed by atoms with Gasteiger partial charge >= 0.3 is 0 Å². The molecular formula is C15H23FN4. The highest BCUT2D eigenvalue weighted by atomic mass is 19.1. The first-order valence-corrected chi connectivity index (χ1v) is 7.17. The Bertz CT molecular complexity index is 467. The first-order valence-electron chi connectivity index (χ1n) is 7.17. The van der Waals surface area contributed by atoms with Gasteiger partial charge in [-0.15, -0.1) is 0 Å². The maximum atomic E-state index is 13.2. The van der Waals surface area contributed by atoms with Gasteiger partial charge in [0.05, 0.1) is 0 Å². The van der Waals surface area contributed by atoms with Gasteiger partial charge < -0.3 is 10.6 Å². The highest BCUT2D eigenvalue weighted by Gasteiger charge is 2.17. The zero-order valence-electron chi connectivity index (χ0n) is 12.0. The van der Waals surface area contributed by atoms with Crippen LogP contribution in [0.25, 0.3) is 0 Å². The van der Waals surface area contributed by atoms with Gasteiger partial charge in [0.1, 0.15) is 11.7 Å². The number of rotatable bonds is 5. The van der Waals surface area contributed by atoms with Crippen molar-refractivity contribution >= 4 is 5.84 Å². The van der Waals surface area contributed by atoms with Crippen LogP contribution in [-0.4, -0.2) is 48.4 Å². The fourth-order valence-electron chi connectivity index (χ4n) is 2.67. The van der Waals surface area contributed by atoms with Crippen LogP contribution < -0.4 is 5.73 Å². The molecule has 1 aliphatic heterocycles. The lowest BCUT2D eigenvalue weighted by Gasteiger charge is -2.34. The molecule has 0 aromatic heterocycles. The van der Waals surface area contributed by atoms with Gasteiger partial charge in [0.2, 0.25) is 0 Å². The molecule has 0 saturated carbocycles. The SMILES string of the molecule is CCCN1CCN(Cc2ccc(F)cc2C(=N)N)CC1. The van der Waals surface area contributed by atoms with Gasteiger partial charge in [-0.05, 0) is 30.7 Å². The number of halogens is 1. The number of amidine groups is 1. The van der Waals surface area contributed by atoms with Gasteiger partial charge in [-0.1, -0.05) is 13.0 Å². The van der Waals surface area contributed by atoms with Crippen molar-refractivity contribution in [2.24, 2.45) is 5.73 Å². The first kappa shape index (κ1) is 14.9. The van der Waals surface area contributed by atoms with Crippen LogP contribution in [0.5, 0.6) is 0 Å². The number of benzene rings is 1. The van der Waals surface area contributed by atoms with Gasteiger partial charge in [-0.25, -0.2) is 4.39 Å². The molecule has 0 amide bonds. The quantitative estimate of drug-likeness (QED) is 0.636. The Morgan fingerprint density at radius 2 is 1.90 bits per heavy atom. The number of hydrogen-bond acceptors (Lipinski definition) is 3. The maximum Gasteiger partial charge on any atom is 0.123 e. The number of nitrogens with one attached hydrogen (secondary N) is 1. The summed E-state index contributed by atoms with van der Waals surface area (Å²) in [7, 11) is 0. The second-order valence-electron chi connectivity index (χ2n) is 5.33. The van der Waals surface area contributed by atoms with Gasteiger partial charge in [-0.2, -0.15) is 0 Å². The molecule has 20 heavy (non-hydrogen) atoms. The molecule has 1 fully saturated rings. The predicted molar refractivity (Wildman–Crippen MR) is 79.4 cm³/mol. The molecule has 0 bridgehead atoms. The van der Waals surface area contributed by atoms with Crippen molar-refractivity contribution in [2.45, 2.75) is 19.9 Å². The molecule has 0 aliphatic carbocycles. The molecule has 0 radical (unpaired) electrons. The standard InChI is InChI=1S/C15H23FN4/c1-2-5-19-6-8-20(9-7-19)11-12-3-4-13(16)10-14(12)15(17)18/h3-4,10H,2,5-9,11H2,1H3,(H3,17,18). The van der Waals surface area contributed by atoms with E-state index in [0.29, 0.717) is 5.56 Å². The Kier molecular flexibility index (Phi) is 5.09. The lowest BCUT2D eigenvalue weighted by molar-refractivity contribution is 0.127. The van der Waals surface area contributed by atoms with E-state index in [4.69, 9.17) is 11.1 Å². The van der Waals surface area contributed by atoms with Crippen LogP contribution in [0.2, 0.25) is 0 Å². The van der Waals surface area contributed by atoms with Crippen molar-refractivity contribution in [1.29, 1.82) is 5.41 Å². The summed E-state index contributed by atoms with van der Waals surface area (Å²) in [6.07, 6.45) is 1.19. The van der Waals surface area contributed by atoms with Crippen LogP contribution in [0.3, 0.4) is 0 Å². The van der Waals surface area contributed by atoms with Crippen molar-refractivity contribution in [2.75, 3.05) is 32.7 Å². The summed E-state index contributed by atoms with van der Waals surface area (Å²) in [6.45, 7) is 8.25. The molecule has 5 heteroatoms. The minimum absolute atomic E-state index is 0.0656. The number of nitrogens with two attached hydrogens (primary N) is 1. The van der Waals surface area contributed by atoms with Gasteiger partial charge in [0.15, 0.2) is 0 Å². The predicted octanol–water partition coefficient (Wildman–Crippen LogP) is 1.64. The van der Waals surface area contributed by atoms with Crippen LogP contribution in [-0.2, 0) is 6.54 Å². The Labute approximate surface area is 119 Å². The van der Waals surface area contributed by atoms with Crippen LogP contribution in [0.15, 0.2) is 18.2 Å². The van der Waals surface area contributed by atoms with E-state index in [1.807, 2.05) is 0 Å². The molecule has 0 spiro atoms. The lowest BCUT2D eigenvalue weighted by atomic mass is 10.1. The molecule has 1 aromatic rings. The van der Waals surface area contributed by atoms with E-state index in [-0.39, 0.29) is 11.7 Å². The van der Waals surface area contributed by atoms with Gasteiger partial charge in [0.25, 0.3) is 0 Å². The second kappa shape index (κ2) is 6.81. The molecule has 1 saturated heterocycles. The molecule has 2 rings (SSSR count). The summed E-state index contributed by atoms with van der Waals surface area (Å²) in [5.74, 6) is -0.407. The summed E-state index contributed by atoms with van der Waals surface area (Å²) >= 11 is 0. The van der Waals surface area contributed by atoms with Crippen LogP contribution in [0, 0.1) is 11.2 Å². The van der Waals surface area contributed by atoms with Crippen molar-refractivity contribution < 1.29 is 4.39 Å². The minimum atomic E-state index is -0.341. The van der Waals surface area contributed by atoms with Crippen LogP contribution >= 0.6 is 0 Å². The lowest BCUT2D eigenvalue weighted by Crippen LogP contribution is -2.46. The average molecular weight is 278 g/mol. The smallest absolute Gasteiger partial charge is 0.123 e. The fraction of sp³-hybridized carbons (Fsp3) is 0.533. The summed E-state index contributed by atoms with van der Waals surface area (Å²) in [5.41, 5.74) is 6.99. The molecule has 1 aliphatic rings. The number of piperazine rings is 1. The third kappa shape index (κ3) is 3.77. The summed E-state index contributed by atoms with van der Waals surface area (Å²) in [5, 5.41) is 7.56. The third-order valence-electron chi connectivity index (χ3n) is 3.76. The highest BCUT2D eigenvalue weighted by molar-refractivity contribution is 5.96. The number of nitrogen functional groups attached to an aromatic ring is 1. The third-order valence-corrected chi connectivity index (χ3v) is 3.76. The van der Waals surface area contributed by atoms with E-state index in [1.54, 1.807) is 6.07 Å². The normalized spacial score (nSPS) is 17.3. The van der Waals surface area contributed by atoms with E-state index >= 15 is 0 Å². The first-order chi connectivity index (χ1) is 9.60. The number of hydrogen-bond donors (Lipinski definition) is 2. The average Bonchev–Trinajstić information content (AvgIpc) is 2.43. The second-order valence-corrected chi connectivity index (χ2v) is 5.33. The summed E-state index contributed by atoms with van der Waals surface area (Å²) < 4.78 is 13.2. The van der Waals surface area contributed by atoms with Crippen molar-refractivity contribution in [1.82, 2.24) is 9.80 Å². The van der Waals surface area contributed by atoms with E-state index in [0.717, 1.165) is 44.8 Å². The Morgan fingerprint density at radius 3 is 2.50 bits per heavy atom. The number of nitrogens with zero attached hydrogens (tertiary/aromatic N) is 2. The fourth-order valence-corrected chi connectivity index (χ4v) is 2.67. The van der Waals surface area contributed by atoms with Crippen LogP contribution in [0.1, 0.15) is 24.5 Å². The maximum absolute atomic E-state index is 13.2. The van der Waals surface area contributed by atoms with E-state index < -0.39 is 0 Å². The van der Waals surface area contributed by atoms with Crippen molar-refractivity contribution in [3.63, 3.8) is 0 Å². The van der Waals surface area contributed by atoms with E-state index in [9.17, 15) is 4.39 Å². The van der Waals surface area contributed by atoms with Gasteiger partial charge in [-0.3, -0.25) is 10.3 Å². The topological polar surface area (TPSA) is 56.4 Å². The molecule has 1 aromatic carbocycles. The minimum Gasteiger partial charge on any atom is -0.384 e. The van der Waals surface area contributed by atoms with Crippen molar-refractivity contribution in [3.05, 3.63) is 35.1 Å². The molecule has 110 valence electrons. The monoisotopic (exact) mass is 278 g/mol. The highest BCUT2D eigenvalue weighted by Crippen LogP contribution is 2.15. The molecule has 0 atom stereocenters. The van der Waals surface area contributed by atoms with E-state index in [2.05, 4.69) is 16.7 Å². The molecule has 1 heterocycles.